The number of nitrogen functional groups attached to an aromatic ring is 1. The molecule has 2 aromatic rings. The number of nitrogens with two attached hydrogens (primary N) is 1. The molecule has 0 radical (unpaired) electrons. The van der Waals surface area contributed by atoms with E-state index in [-0.39, 0.29) is 0 Å². The highest BCUT2D eigenvalue weighted by molar-refractivity contribution is 5.67. The Bertz CT molecular complexity index is 554. The first-order chi connectivity index (χ1) is 9.22. The minimum absolute atomic E-state index is 0.597. The maximum Gasteiger partial charge on any atom is 0.119 e. The summed E-state index contributed by atoms with van der Waals surface area (Å²) in [5.74, 6) is 0.597. The van der Waals surface area contributed by atoms with Gasteiger partial charge in [0.15, 0.2) is 0 Å². The molecule has 0 spiro atoms. The topological polar surface area (TPSA) is 61.2 Å². The van der Waals surface area contributed by atoms with Crippen molar-refractivity contribution in [1.29, 1.82) is 0 Å². The van der Waals surface area contributed by atoms with E-state index in [1.807, 2.05) is 6.07 Å². The molecule has 1 aliphatic heterocycles. The van der Waals surface area contributed by atoms with E-state index in [1.165, 1.54) is 5.69 Å². The van der Waals surface area contributed by atoms with Gasteiger partial charge in [-0.2, -0.15) is 5.10 Å². The lowest BCUT2D eigenvalue weighted by molar-refractivity contribution is 0.313. The Morgan fingerprint density at radius 1 is 1.16 bits per heavy atom. The predicted octanol–water partition coefficient (Wildman–Crippen LogP) is 1.41. The van der Waals surface area contributed by atoms with Gasteiger partial charge in [-0.25, -0.2) is 0 Å². The molecule has 2 heterocycles. The van der Waals surface area contributed by atoms with E-state index in [9.17, 15) is 0 Å². The van der Waals surface area contributed by atoms with Crippen LogP contribution in [0.25, 0.3) is 11.3 Å². The van der Waals surface area contributed by atoms with Gasteiger partial charge >= 0.3 is 0 Å². The van der Waals surface area contributed by atoms with Gasteiger partial charge in [0.2, 0.25) is 0 Å². The first-order valence-electron chi connectivity index (χ1n) is 6.57. The number of rotatable bonds is 2. The normalized spacial score (nSPS) is 16.8. The predicted molar refractivity (Wildman–Crippen MR) is 78.1 cm³/mol. The molecule has 1 aromatic heterocycles. The van der Waals surface area contributed by atoms with Crippen LogP contribution in [0.4, 0.5) is 11.5 Å². The van der Waals surface area contributed by atoms with Crippen LogP contribution in [0.3, 0.4) is 0 Å². The van der Waals surface area contributed by atoms with Gasteiger partial charge < -0.3 is 15.5 Å². The van der Waals surface area contributed by atoms with Crippen LogP contribution in [0.15, 0.2) is 30.3 Å². The van der Waals surface area contributed by atoms with Crippen molar-refractivity contribution in [3.05, 3.63) is 30.3 Å². The highest BCUT2D eigenvalue weighted by Crippen LogP contribution is 2.24. The summed E-state index contributed by atoms with van der Waals surface area (Å²) in [7, 11) is 2.17. The summed E-state index contributed by atoms with van der Waals surface area (Å²) < 4.78 is 0. The fourth-order valence-corrected chi connectivity index (χ4v) is 2.41. The van der Waals surface area contributed by atoms with Crippen molar-refractivity contribution in [2.75, 3.05) is 43.9 Å². The van der Waals surface area contributed by atoms with Crippen LogP contribution in [-0.4, -0.2) is 48.3 Å². The second kappa shape index (κ2) is 4.93. The van der Waals surface area contributed by atoms with Crippen LogP contribution in [0.2, 0.25) is 0 Å². The van der Waals surface area contributed by atoms with Gasteiger partial charge in [-0.3, -0.25) is 5.10 Å². The van der Waals surface area contributed by atoms with Crippen LogP contribution >= 0.6 is 0 Å². The Kier molecular flexibility index (Phi) is 3.13. The quantitative estimate of drug-likeness (QED) is 0.854. The van der Waals surface area contributed by atoms with Crippen LogP contribution in [0, 0.1) is 0 Å². The van der Waals surface area contributed by atoms with E-state index in [2.05, 4.69) is 51.3 Å². The average Bonchev–Trinajstić information content (AvgIpc) is 2.86. The molecule has 0 saturated carbocycles. The third-order valence-electron chi connectivity index (χ3n) is 3.61. The number of anilines is 2. The molecule has 0 atom stereocenters. The highest BCUT2D eigenvalue weighted by Gasteiger charge is 2.14. The number of aromatic nitrogens is 2. The third-order valence-corrected chi connectivity index (χ3v) is 3.61. The first-order valence-corrected chi connectivity index (χ1v) is 6.57. The number of nitrogens with one attached hydrogen (secondary N) is 1. The highest BCUT2D eigenvalue weighted by atomic mass is 15.2. The zero-order chi connectivity index (χ0) is 13.2. The maximum atomic E-state index is 5.68. The summed E-state index contributed by atoms with van der Waals surface area (Å²) in [5, 5.41) is 6.99. The smallest absolute Gasteiger partial charge is 0.119 e. The van der Waals surface area contributed by atoms with Gasteiger partial charge in [0.1, 0.15) is 5.82 Å². The summed E-state index contributed by atoms with van der Waals surface area (Å²) in [6, 6.07) is 10.3. The Labute approximate surface area is 113 Å². The molecule has 3 rings (SSSR count). The van der Waals surface area contributed by atoms with E-state index < -0.39 is 0 Å². The number of benzene rings is 1. The lowest BCUT2D eigenvalue weighted by Crippen LogP contribution is -2.44. The van der Waals surface area contributed by atoms with Crippen molar-refractivity contribution >= 4 is 11.5 Å². The zero-order valence-electron chi connectivity index (χ0n) is 11.1. The summed E-state index contributed by atoms with van der Waals surface area (Å²) in [6.45, 7) is 4.37. The standard InChI is InChI=1S/C14H19N5/c1-18-5-7-19(8-6-18)12-4-2-3-11(9-12)13-10-14(15)17-16-13/h2-4,9-10H,5-8H2,1H3,(H3,15,16,17). The number of hydrogen-bond acceptors (Lipinski definition) is 4. The van der Waals surface area contributed by atoms with E-state index in [0.717, 1.165) is 37.4 Å². The van der Waals surface area contributed by atoms with Crippen molar-refractivity contribution in [2.24, 2.45) is 0 Å². The molecule has 0 bridgehead atoms. The maximum absolute atomic E-state index is 5.68. The minimum Gasteiger partial charge on any atom is -0.384 e. The number of likely N-dealkylation sites (N-methyl/N-ethyl adjacent to an activating group) is 1. The molecule has 0 amide bonds. The van der Waals surface area contributed by atoms with E-state index in [4.69, 9.17) is 5.73 Å². The Balaban J connectivity index is 1.84. The van der Waals surface area contributed by atoms with Crippen LogP contribution < -0.4 is 10.6 Å². The molecule has 19 heavy (non-hydrogen) atoms. The van der Waals surface area contributed by atoms with Crippen LogP contribution in [0.1, 0.15) is 0 Å². The Morgan fingerprint density at radius 3 is 2.63 bits per heavy atom. The molecule has 0 aliphatic carbocycles. The molecule has 0 unspecified atom stereocenters. The number of H-pyrrole nitrogens is 1. The molecule has 5 heteroatoms. The van der Waals surface area contributed by atoms with Crippen molar-refractivity contribution in [3.8, 4) is 11.3 Å². The largest absolute Gasteiger partial charge is 0.384 e. The zero-order valence-corrected chi connectivity index (χ0v) is 11.1. The monoisotopic (exact) mass is 257 g/mol. The second-order valence-corrected chi connectivity index (χ2v) is 5.05. The van der Waals surface area contributed by atoms with Crippen molar-refractivity contribution < 1.29 is 0 Å². The minimum atomic E-state index is 0.597. The lowest BCUT2D eigenvalue weighted by Gasteiger charge is -2.34. The van der Waals surface area contributed by atoms with Gasteiger partial charge in [0, 0.05) is 43.5 Å². The molecule has 1 aliphatic rings. The number of hydrogen-bond donors (Lipinski definition) is 2. The Hall–Kier alpha value is -2.01. The van der Waals surface area contributed by atoms with Gasteiger partial charge in [-0.15, -0.1) is 0 Å². The molecule has 5 nitrogen and oxygen atoms in total. The Morgan fingerprint density at radius 2 is 1.95 bits per heavy atom. The van der Waals surface area contributed by atoms with Gasteiger partial charge in [-0.05, 0) is 19.2 Å². The molecule has 1 fully saturated rings. The number of nitrogens with zero attached hydrogens (tertiary/aromatic N) is 3. The molecule has 3 N–H and O–H groups in total. The molecule has 100 valence electrons. The summed E-state index contributed by atoms with van der Waals surface area (Å²) in [4.78, 5) is 4.77. The van der Waals surface area contributed by atoms with Crippen molar-refractivity contribution in [3.63, 3.8) is 0 Å². The van der Waals surface area contributed by atoms with Gasteiger partial charge in [0.05, 0.1) is 5.69 Å². The van der Waals surface area contributed by atoms with Gasteiger partial charge in [0.25, 0.3) is 0 Å². The fraction of sp³-hybridized carbons (Fsp3) is 0.357. The van der Waals surface area contributed by atoms with E-state index >= 15 is 0 Å². The summed E-state index contributed by atoms with van der Waals surface area (Å²) >= 11 is 0. The summed E-state index contributed by atoms with van der Waals surface area (Å²) in [6.07, 6.45) is 0. The van der Waals surface area contributed by atoms with Crippen LogP contribution in [0.5, 0.6) is 0 Å². The van der Waals surface area contributed by atoms with Gasteiger partial charge in [-0.1, -0.05) is 12.1 Å². The first kappa shape index (κ1) is 12.0. The SMILES string of the molecule is CN1CCN(c2cccc(-c3cc(N)[nH]n3)c2)CC1. The van der Waals surface area contributed by atoms with Crippen molar-refractivity contribution in [1.82, 2.24) is 15.1 Å². The number of piperazine rings is 1. The van der Waals surface area contributed by atoms with E-state index in [0.29, 0.717) is 5.82 Å². The molecular weight excluding hydrogens is 238 g/mol. The van der Waals surface area contributed by atoms with Crippen molar-refractivity contribution in [2.45, 2.75) is 0 Å². The average molecular weight is 257 g/mol. The van der Waals surface area contributed by atoms with Crippen LogP contribution in [-0.2, 0) is 0 Å². The third kappa shape index (κ3) is 2.56. The second-order valence-electron chi connectivity index (χ2n) is 5.05. The number of aromatic amines is 1. The molecule has 1 saturated heterocycles. The fourth-order valence-electron chi connectivity index (χ4n) is 2.41. The van der Waals surface area contributed by atoms with E-state index in [1.54, 1.807) is 0 Å². The molecule has 1 aromatic carbocycles. The molecular formula is C14H19N5. The summed E-state index contributed by atoms with van der Waals surface area (Å²) in [5.41, 5.74) is 8.93. The lowest BCUT2D eigenvalue weighted by atomic mass is 10.1.